The topological polar surface area (TPSA) is 66.9 Å². The fourth-order valence-corrected chi connectivity index (χ4v) is 2.64. The molecule has 0 aliphatic carbocycles. The molecule has 0 saturated carbocycles. The van der Waals surface area contributed by atoms with E-state index in [-0.39, 0.29) is 5.91 Å². The highest BCUT2D eigenvalue weighted by atomic mass is 35.5. The zero-order valence-corrected chi connectivity index (χ0v) is 15.3. The molecule has 0 spiro atoms. The SMILES string of the molecule is Cc1ccc(Nc2cc(C(=O)NCc3ccc(Cl)cc3)ncn2)c(C)c1. The molecule has 0 unspecified atom stereocenters. The Kier molecular flexibility index (Phi) is 5.49. The lowest BCUT2D eigenvalue weighted by molar-refractivity contribution is 0.0946. The van der Waals surface area contributed by atoms with Crippen LogP contribution in [0.15, 0.2) is 54.9 Å². The standard InChI is InChI=1S/C20H19ClN4O/c1-13-3-8-17(14(2)9-13)25-19-10-18(23-12-24-19)20(26)22-11-15-4-6-16(21)7-5-15/h3-10,12H,11H2,1-2H3,(H,22,26)(H,23,24,25). The highest BCUT2D eigenvalue weighted by molar-refractivity contribution is 6.30. The van der Waals surface area contributed by atoms with Crippen LogP contribution in [0.5, 0.6) is 0 Å². The number of amides is 1. The molecule has 3 rings (SSSR count). The first-order valence-electron chi connectivity index (χ1n) is 8.20. The van der Waals surface area contributed by atoms with Crippen LogP contribution in [-0.2, 0) is 6.54 Å². The van der Waals surface area contributed by atoms with Crippen molar-refractivity contribution in [2.45, 2.75) is 20.4 Å². The molecule has 0 saturated heterocycles. The predicted octanol–water partition coefficient (Wildman–Crippen LogP) is 4.42. The molecule has 0 radical (unpaired) electrons. The Bertz CT molecular complexity index is 925. The number of nitrogens with one attached hydrogen (secondary N) is 2. The number of nitrogens with zero attached hydrogens (tertiary/aromatic N) is 2. The van der Waals surface area contributed by atoms with Crippen LogP contribution in [0.4, 0.5) is 11.5 Å². The summed E-state index contributed by atoms with van der Waals surface area (Å²) in [6, 6.07) is 15.1. The quantitative estimate of drug-likeness (QED) is 0.701. The van der Waals surface area contributed by atoms with E-state index < -0.39 is 0 Å². The average molecular weight is 367 g/mol. The van der Waals surface area contributed by atoms with Crippen molar-refractivity contribution in [3.8, 4) is 0 Å². The average Bonchev–Trinajstić information content (AvgIpc) is 2.63. The van der Waals surface area contributed by atoms with Gasteiger partial charge in [-0.3, -0.25) is 4.79 Å². The number of benzene rings is 2. The summed E-state index contributed by atoms with van der Waals surface area (Å²) in [5, 5.41) is 6.74. The van der Waals surface area contributed by atoms with Gasteiger partial charge in [-0.1, -0.05) is 41.4 Å². The second-order valence-electron chi connectivity index (χ2n) is 6.04. The third kappa shape index (κ3) is 4.58. The molecule has 3 aromatic rings. The van der Waals surface area contributed by atoms with Gasteiger partial charge < -0.3 is 10.6 Å². The summed E-state index contributed by atoms with van der Waals surface area (Å²) < 4.78 is 0. The highest BCUT2D eigenvalue weighted by Gasteiger charge is 2.09. The van der Waals surface area contributed by atoms with Crippen LogP contribution in [0.2, 0.25) is 5.02 Å². The number of rotatable bonds is 5. The fourth-order valence-electron chi connectivity index (χ4n) is 2.52. The van der Waals surface area contributed by atoms with Gasteiger partial charge in [0.2, 0.25) is 0 Å². The summed E-state index contributed by atoms with van der Waals surface area (Å²) in [7, 11) is 0. The molecule has 132 valence electrons. The Morgan fingerprint density at radius 2 is 1.81 bits per heavy atom. The predicted molar refractivity (Wildman–Crippen MR) is 104 cm³/mol. The number of carbonyl (C=O) groups is 1. The minimum Gasteiger partial charge on any atom is -0.347 e. The first-order chi connectivity index (χ1) is 12.5. The number of halogens is 1. The third-order valence-corrected chi connectivity index (χ3v) is 4.16. The van der Waals surface area contributed by atoms with Gasteiger partial charge in [-0.05, 0) is 43.2 Å². The van der Waals surface area contributed by atoms with Crippen LogP contribution in [0.3, 0.4) is 0 Å². The Morgan fingerprint density at radius 3 is 2.54 bits per heavy atom. The Balaban J connectivity index is 1.68. The van der Waals surface area contributed by atoms with Crippen molar-refractivity contribution in [3.63, 3.8) is 0 Å². The maximum atomic E-state index is 12.3. The van der Waals surface area contributed by atoms with Gasteiger partial charge in [0.15, 0.2) is 0 Å². The Hall–Kier alpha value is -2.92. The maximum Gasteiger partial charge on any atom is 0.270 e. The van der Waals surface area contributed by atoms with Crippen LogP contribution < -0.4 is 10.6 Å². The van der Waals surface area contributed by atoms with Gasteiger partial charge in [0.25, 0.3) is 5.91 Å². The molecule has 0 fully saturated rings. The number of aromatic nitrogens is 2. The summed E-state index contributed by atoms with van der Waals surface area (Å²) in [6.07, 6.45) is 1.38. The fraction of sp³-hybridized carbons (Fsp3) is 0.150. The van der Waals surface area contributed by atoms with Crippen molar-refractivity contribution in [1.29, 1.82) is 0 Å². The monoisotopic (exact) mass is 366 g/mol. The summed E-state index contributed by atoms with van der Waals surface area (Å²) >= 11 is 5.86. The van der Waals surface area contributed by atoms with E-state index >= 15 is 0 Å². The Morgan fingerprint density at radius 1 is 1.04 bits per heavy atom. The molecule has 1 aromatic heterocycles. The zero-order valence-electron chi connectivity index (χ0n) is 14.6. The summed E-state index contributed by atoms with van der Waals surface area (Å²) in [4.78, 5) is 20.6. The van der Waals surface area contributed by atoms with Crippen molar-refractivity contribution in [3.05, 3.63) is 82.3 Å². The molecular formula is C20H19ClN4O. The molecule has 0 atom stereocenters. The number of aryl methyl sites for hydroxylation is 2. The molecule has 1 heterocycles. The second-order valence-corrected chi connectivity index (χ2v) is 6.48. The van der Waals surface area contributed by atoms with Gasteiger partial charge in [0.1, 0.15) is 17.8 Å². The van der Waals surface area contributed by atoms with E-state index in [0.717, 1.165) is 16.8 Å². The van der Waals surface area contributed by atoms with Gasteiger partial charge >= 0.3 is 0 Å². The number of carbonyl (C=O) groups excluding carboxylic acids is 1. The first-order valence-corrected chi connectivity index (χ1v) is 8.58. The zero-order chi connectivity index (χ0) is 18.5. The highest BCUT2D eigenvalue weighted by Crippen LogP contribution is 2.20. The summed E-state index contributed by atoms with van der Waals surface area (Å²) in [5.41, 5.74) is 4.52. The van der Waals surface area contributed by atoms with Crippen LogP contribution in [0, 0.1) is 13.8 Å². The largest absolute Gasteiger partial charge is 0.347 e. The van der Waals surface area contributed by atoms with Crippen LogP contribution >= 0.6 is 11.6 Å². The van der Waals surface area contributed by atoms with E-state index in [1.807, 2.05) is 38.1 Å². The molecule has 0 aliphatic heterocycles. The van der Waals surface area contributed by atoms with Crippen molar-refractivity contribution in [2.75, 3.05) is 5.32 Å². The van der Waals surface area contributed by atoms with Crippen molar-refractivity contribution < 1.29 is 4.79 Å². The molecule has 0 aliphatic rings. The molecular weight excluding hydrogens is 348 g/mol. The van der Waals surface area contributed by atoms with Crippen molar-refractivity contribution in [2.24, 2.45) is 0 Å². The van der Waals surface area contributed by atoms with Crippen molar-refractivity contribution >= 4 is 29.0 Å². The van der Waals surface area contributed by atoms with Gasteiger partial charge in [-0.25, -0.2) is 9.97 Å². The van der Waals surface area contributed by atoms with Crippen LogP contribution in [0.1, 0.15) is 27.2 Å². The molecule has 0 bridgehead atoms. The Labute approximate surface area is 157 Å². The van der Waals surface area contributed by atoms with Crippen LogP contribution in [0.25, 0.3) is 0 Å². The lowest BCUT2D eigenvalue weighted by atomic mass is 10.1. The summed E-state index contributed by atoms with van der Waals surface area (Å²) in [5.74, 6) is 0.314. The van der Waals surface area contributed by atoms with E-state index in [9.17, 15) is 4.79 Å². The van der Waals surface area contributed by atoms with Gasteiger partial charge in [0, 0.05) is 23.3 Å². The number of anilines is 2. The van der Waals surface area contributed by atoms with E-state index in [1.165, 1.54) is 11.9 Å². The van der Waals surface area contributed by atoms with Gasteiger partial charge in [0.05, 0.1) is 0 Å². The molecule has 2 N–H and O–H groups in total. The normalized spacial score (nSPS) is 10.4. The summed E-state index contributed by atoms with van der Waals surface area (Å²) in [6.45, 7) is 4.47. The minimum absolute atomic E-state index is 0.258. The maximum absolute atomic E-state index is 12.3. The smallest absolute Gasteiger partial charge is 0.270 e. The molecule has 2 aromatic carbocycles. The lowest BCUT2D eigenvalue weighted by Crippen LogP contribution is -2.24. The van der Waals surface area contributed by atoms with Crippen LogP contribution in [-0.4, -0.2) is 15.9 Å². The number of hydrogen-bond donors (Lipinski definition) is 2. The van der Waals surface area contributed by atoms with E-state index in [2.05, 4.69) is 26.7 Å². The minimum atomic E-state index is -0.258. The lowest BCUT2D eigenvalue weighted by Gasteiger charge is -2.10. The van der Waals surface area contributed by atoms with Gasteiger partial charge in [-0.15, -0.1) is 0 Å². The second kappa shape index (κ2) is 7.97. The first kappa shape index (κ1) is 17.9. The number of hydrogen-bond acceptors (Lipinski definition) is 4. The molecule has 1 amide bonds. The van der Waals surface area contributed by atoms with E-state index in [0.29, 0.717) is 23.1 Å². The van der Waals surface area contributed by atoms with E-state index in [4.69, 9.17) is 11.6 Å². The van der Waals surface area contributed by atoms with Gasteiger partial charge in [-0.2, -0.15) is 0 Å². The molecule has 26 heavy (non-hydrogen) atoms. The third-order valence-electron chi connectivity index (χ3n) is 3.91. The molecule has 6 heteroatoms. The van der Waals surface area contributed by atoms with E-state index in [1.54, 1.807) is 18.2 Å². The van der Waals surface area contributed by atoms with Crippen molar-refractivity contribution in [1.82, 2.24) is 15.3 Å². The molecule has 5 nitrogen and oxygen atoms in total.